The monoisotopic (exact) mass is 625 g/mol. The van der Waals surface area contributed by atoms with Crippen molar-refractivity contribution >= 4 is 29.5 Å². The minimum absolute atomic E-state index is 0.0622. The third kappa shape index (κ3) is 8.16. The van der Waals surface area contributed by atoms with Crippen LogP contribution in [0, 0.1) is 0 Å². The number of imide groups is 3. The smallest absolute Gasteiger partial charge is 0.267 e. The molecule has 46 heavy (non-hydrogen) atoms. The number of unbranched alkanes of at least 4 members (excludes halogenated alkanes) is 1. The molecule has 10 nitrogen and oxygen atoms in total. The maximum Gasteiger partial charge on any atom is 0.267 e. The van der Waals surface area contributed by atoms with Gasteiger partial charge in [-0.2, -0.15) is 4.98 Å². The van der Waals surface area contributed by atoms with E-state index in [-0.39, 0.29) is 23.2 Å². The van der Waals surface area contributed by atoms with Crippen LogP contribution in [0.1, 0.15) is 89.8 Å². The maximum atomic E-state index is 14.2. The van der Waals surface area contributed by atoms with E-state index >= 15 is 0 Å². The molecule has 244 valence electrons. The highest BCUT2D eigenvalue weighted by Gasteiger charge is 2.36. The van der Waals surface area contributed by atoms with E-state index in [0.29, 0.717) is 25.3 Å². The number of amides is 3. The lowest BCUT2D eigenvalue weighted by Gasteiger charge is -2.34. The normalized spacial score (nSPS) is 18.2. The van der Waals surface area contributed by atoms with Crippen LogP contribution in [0.25, 0.3) is 0 Å². The van der Waals surface area contributed by atoms with Crippen molar-refractivity contribution in [3.63, 3.8) is 0 Å². The molecule has 3 amide bonds. The Kier molecular flexibility index (Phi) is 11.5. The SMILES string of the molecule is CN(C)c1nc(NC2CCC(N[C@@H](CCCCN)C(=O)N(C(=O)c3ccccc3)C(=O)c3ccccc3)CC2)nc2c1CCCC2. The van der Waals surface area contributed by atoms with Crippen molar-refractivity contribution < 1.29 is 14.4 Å². The summed E-state index contributed by atoms with van der Waals surface area (Å²) in [6.07, 6.45) is 9.71. The number of carbonyl (C=O) groups is 3. The lowest BCUT2D eigenvalue weighted by molar-refractivity contribution is -0.129. The molecule has 0 spiro atoms. The van der Waals surface area contributed by atoms with Crippen LogP contribution >= 0.6 is 0 Å². The van der Waals surface area contributed by atoms with E-state index in [1.807, 2.05) is 14.1 Å². The van der Waals surface area contributed by atoms with Gasteiger partial charge in [0.25, 0.3) is 17.7 Å². The minimum atomic E-state index is -0.701. The van der Waals surface area contributed by atoms with E-state index in [9.17, 15) is 14.4 Å². The quantitative estimate of drug-likeness (QED) is 0.193. The summed E-state index contributed by atoms with van der Waals surface area (Å²) in [6.45, 7) is 0.508. The Morgan fingerprint density at radius 3 is 2.00 bits per heavy atom. The Hall–Kier alpha value is -4.15. The van der Waals surface area contributed by atoms with Gasteiger partial charge >= 0.3 is 0 Å². The van der Waals surface area contributed by atoms with E-state index in [4.69, 9.17) is 15.7 Å². The van der Waals surface area contributed by atoms with Crippen molar-refractivity contribution in [3.8, 4) is 0 Å². The molecule has 0 radical (unpaired) electrons. The number of nitrogens with zero attached hydrogens (tertiary/aromatic N) is 4. The molecule has 0 unspecified atom stereocenters. The molecule has 2 aliphatic carbocycles. The first kappa shape index (κ1) is 33.2. The second kappa shape index (κ2) is 15.9. The van der Waals surface area contributed by atoms with Crippen molar-refractivity contribution in [2.45, 2.75) is 88.8 Å². The van der Waals surface area contributed by atoms with Crippen LogP contribution in [-0.2, 0) is 17.6 Å². The van der Waals surface area contributed by atoms with Gasteiger partial charge in [-0.3, -0.25) is 14.4 Å². The van der Waals surface area contributed by atoms with Crippen LogP contribution < -0.4 is 21.3 Å². The molecule has 10 heteroatoms. The van der Waals surface area contributed by atoms with Crippen LogP contribution in [0.2, 0.25) is 0 Å². The molecular formula is C36H47N7O3. The topological polar surface area (TPSA) is 134 Å². The molecule has 2 aromatic carbocycles. The molecule has 0 aliphatic heterocycles. The van der Waals surface area contributed by atoms with E-state index in [0.717, 1.165) is 67.8 Å². The lowest BCUT2D eigenvalue weighted by atomic mass is 9.90. The third-order valence-electron chi connectivity index (χ3n) is 9.00. The summed E-state index contributed by atoms with van der Waals surface area (Å²) in [5.41, 5.74) is 8.78. The summed E-state index contributed by atoms with van der Waals surface area (Å²) in [5, 5.41) is 7.15. The maximum absolute atomic E-state index is 14.2. The van der Waals surface area contributed by atoms with Gasteiger partial charge in [0.05, 0.1) is 11.7 Å². The molecule has 1 saturated carbocycles. The highest BCUT2D eigenvalue weighted by atomic mass is 16.2. The van der Waals surface area contributed by atoms with E-state index in [2.05, 4.69) is 15.5 Å². The number of aromatic nitrogens is 2. The first-order valence-electron chi connectivity index (χ1n) is 16.7. The van der Waals surface area contributed by atoms with E-state index < -0.39 is 23.8 Å². The Morgan fingerprint density at radius 2 is 1.41 bits per heavy atom. The van der Waals surface area contributed by atoms with Gasteiger partial charge in [-0.1, -0.05) is 42.8 Å². The fourth-order valence-electron chi connectivity index (χ4n) is 6.52. The van der Waals surface area contributed by atoms with Crippen LogP contribution in [0.4, 0.5) is 11.8 Å². The number of nitrogens with two attached hydrogens (primary N) is 1. The molecular weight excluding hydrogens is 578 g/mol. The van der Waals surface area contributed by atoms with Crippen LogP contribution in [0.3, 0.4) is 0 Å². The van der Waals surface area contributed by atoms with Crippen molar-refractivity contribution in [1.82, 2.24) is 20.2 Å². The van der Waals surface area contributed by atoms with Gasteiger partial charge in [0.1, 0.15) is 5.82 Å². The number of rotatable bonds is 12. The summed E-state index contributed by atoms with van der Waals surface area (Å²) >= 11 is 0. The summed E-state index contributed by atoms with van der Waals surface area (Å²) in [6, 6.07) is 16.6. The second-order valence-electron chi connectivity index (χ2n) is 12.6. The number of hydrogen-bond donors (Lipinski definition) is 3. The number of anilines is 2. The first-order chi connectivity index (χ1) is 22.4. The molecule has 0 bridgehead atoms. The number of benzene rings is 2. The average Bonchev–Trinajstić information content (AvgIpc) is 3.09. The highest BCUT2D eigenvalue weighted by molar-refractivity contribution is 6.21. The molecule has 1 fully saturated rings. The zero-order valence-electron chi connectivity index (χ0n) is 27.1. The zero-order chi connectivity index (χ0) is 32.5. The van der Waals surface area contributed by atoms with Gasteiger partial charge < -0.3 is 21.3 Å². The molecule has 1 heterocycles. The van der Waals surface area contributed by atoms with Crippen molar-refractivity contribution in [2.75, 3.05) is 30.9 Å². The van der Waals surface area contributed by atoms with E-state index in [1.165, 1.54) is 12.0 Å². The van der Waals surface area contributed by atoms with Gasteiger partial charge in [-0.25, -0.2) is 9.88 Å². The minimum Gasteiger partial charge on any atom is -0.362 e. The van der Waals surface area contributed by atoms with Crippen LogP contribution in [-0.4, -0.2) is 71.4 Å². The zero-order valence-corrected chi connectivity index (χ0v) is 27.1. The Morgan fingerprint density at radius 1 is 0.826 bits per heavy atom. The molecule has 0 saturated heterocycles. The molecule has 1 atom stereocenters. The number of hydrogen-bond acceptors (Lipinski definition) is 9. The second-order valence-corrected chi connectivity index (χ2v) is 12.6. The van der Waals surface area contributed by atoms with Gasteiger partial charge in [0.2, 0.25) is 5.95 Å². The predicted molar refractivity (Wildman–Crippen MR) is 181 cm³/mol. The predicted octanol–water partition coefficient (Wildman–Crippen LogP) is 4.74. The van der Waals surface area contributed by atoms with Crippen molar-refractivity contribution in [1.29, 1.82) is 0 Å². The number of carbonyl (C=O) groups excluding carboxylic acids is 3. The number of nitrogens with one attached hydrogen (secondary N) is 2. The summed E-state index contributed by atoms with van der Waals surface area (Å²) < 4.78 is 0. The lowest BCUT2D eigenvalue weighted by Crippen LogP contribution is -2.54. The van der Waals surface area contributed by atoms with E-state index in [1.54, 1.807) is 60.7 Å². The fourth-order valence-corrected chi connectivity index (χ4v) is 6.52. The number of fused-ring (bicyclic) bond motifs is 1. The molecule has 5 rings (SSSR count). The summed E-state index contributed by atoms with van der Waals surface area (Å²) in [5.74, 6) is -0.0926. The Balaban J connectivity index is 1.29. The van der Waals surface area contributed by atoms with Crippen molar-refractivity contribution in [3.05, 3.63) is 83.0 Å². The number of aryl methyl sites for hydroxylation is 1. The third-order valence-corrected chi connectivity index (χ3v) is 9.00. The fraction of sp³-hybridized carbons (Fsp3) is 0.472. The molecule has 2 aliphatic rings. The molecule has 3 aromatic rings. The molecule has 4 N–H and O–H groups in total. The van der Waals surface area contributed by atoms with Crippen molar-refractivity contribution in [2.24, 2.45) is 5.73 Å². The van der Waals surface area contributed by atoms with Gasteiger partial charge in [-0.05, 0) is 95.0 Å². The van der Waals surface area contributed by atoms with Gasteiger partial charge in [-0.15, -0.1) is 0 Å². The summed E-state index contributed by atoms with van der Waals surface area (Å²) in [4.78, 5) is 54.3. The standard InChI is InChI=1S/C36H47N7O3/c1-42(2)32-29-17-9-10-18-30(29)40-36(41-32)39-28-22-20-27(21-23-28)38-31(19-11-12-24-37)35(46)43(33(44)25-13-5-3-6-14-25)34(45)26-15-7-4-8-16-26/h3-8,13-16,27-28,31,38H,9-12,17-24,37H2,1-2H3,(H,39,40,41)/t27?,28?,31-/m0/s1. The van der Waals surface area contributed by atoms with Gasteiger partial charge in [0.15, 0.2) is 0 Å². The Labute approximate surface area is 272 Å². The average molecular weight is 626 g/mol. The van der Waals surface area contributed by atoms with Gasteiger partial charge in [0, 0.05) is 42.9 Å². The van der Waals surface area contributed by atoms with Crippen LogP contribution in [0.15, 0.2) is 60.7 Å². The summed E-state index contributed by atoms with van der Waals surface area (Å²) in [7, 11) is 4.07. The highest BCUT2D eigenvalue weighted by Crippen LogP contribution is 2.30. The largest absolute Gasteiger partial charge is 0.362 e. The van der Waals surface area contributed by atoms with Crippen LogP contribution in [0.5, 0.6) is 0 Å². The Bertz CT molecular complexity index is 1420. The molecule has 1 aromatic heterocycles. The first-order valence-corrected chi connectivity index (χ1v) is 16.7.